The van der Waals surface area contributed by atoms with Gasteiger partial charge in [0.05, 0.1) is 17.2 Å². The summed E-state index contributed by atoms with van der Waals surface area (Å²) in [5.41, 5.74) is -0.218. The minimum absolute atomic E-state index is 0.0269. The normalized spacial score (nSPS) is 11.5. The highest BCUT2D eigenvalue weighted by molar-refractivity contribution is 7.92. The van der Waals surface area contributed by atoms with Crippen molar-refractivity contribution in [3.8, 4) is 0 Å². The highest BCUT2D eigenvalue weighted by atomic mass is 35.5. The Morgan fingerprint density at radius 1 is 1.37 bits per heavy atom. The second-order valence-electron chi connectivity index (χ2n) is 3.64. The molecule has 0 unspecified atom stereocenters. The molecule has 0 radical (unpaired) electrons. The fraction of sp³-hybridized carbons (Fsp3) is 0.0909. The van der Waals surface area contributed by atoms with Crippen molar-refractivity contribution in [3.05, 3.63) is 45.4 Å². The van der Waals surface area contributed by atoms with Gasteiger partial charge in [-0.2, -0.15) is 0 Å². The van der Waals surface area contributed by atoms with Crippen molar-refractivity contribution in [2.75, 3.05) is 4.72 Å². The maximum absolute atomic E-state index is 13.5. The van der Waals surface area contributed by atoms with Crippen molar-refractivity contribution in [3.63, 3.8) is 0 Å². The molecule has 102 valence electrons. The molecular weight excluding hydrogens is 313 g/mol. The van der Waals surface area contributed by atoms with Crippen LogP contribution >= 0.6 is 22.9 Å². The number of thiophene rings is 1. The molecule has 2 N–H and O–H groups in total. The Hall–Kier alpha value is -1.15. The lowest BCUT2D eigenvalue weighted by Crippen LogP contribution is -2.13. The number of sulfonamides is 1. The summed E-state index contributed by atoms with van der Waals surface area (Å²) in [6, 6.07) is 4.92. The van der Waals surface area contributed by atoms with Gasteiger partial charge >= 0.3 is 0 Å². The number of benzene rings is 1. The third-order valence-electron chi connectivity index (χ3n) is 2.27. The van der Waals surface area contributed by atoms with Crippen LogP contribution in [0.4, 0.5) is 10.1 Å². The van der Waals surface area contributed by atoms with Crippen molar-refractivity contribution in [2.45, 2.75) is 11.5 Å². The number of rotatable bonds is 4. The van der Waals surface area contributed by atoms with Crippen molar-refractivity contribution in [2.24, 2.45) is 0 Å². The first kappa shape index (κ1) is 14.3. The molecule has 1 aromatic heterocycles. The van der Waals surface area contributed by atoms with Crippen LogP contribution in [0.25, 0.3) is 0 Å². The van der Waals surface area contributed by atoms with E-state index in [-0.39, 0.29) is 22.2 Å². The molecule has 0 aliphatic carbocycles. The van der Waals surface area contributed by atoms with E-state index in [1.807, 2.05) is 0 Å². The first-order chi connectivity index (χ1) is 8.92. The molecule has 0 aliphatic heterocycles. The summed E-state index contributed by atoms with van der Waals surface area (Å²) < 4.78 is 39.6. The molecule has 2 aromatic rings. The zero-order chi connectivity index (χ0) is 14.0. The third-order valence-corrected chi connectivity index (χ3v) is 4.92. The Labute approximate surface area is 118 Å². The molecule has 0 fully saturated rings. The van der Waals surface area contributed by atoms with Crippen LogP contribution in [-0.2, 0) is 16.6 Å². The number of aliphatic hydroxyl groups is 1. The van der Waals surface area contributed by atoms with Crippen molar-refractivity contribution in [1.29, 1.82) is 0 Å². The average molecular weight is 322 g/mol. The van der Waals surface area contributed by atoms with Gasteiger partial charge in [0.25, 0.3) is 10.0 Å². The van der Waals surface area contributed by atoms with E-state index >= 15 is 0 Å². The highest BCUT2D eigenvalue weighted by Crippen LogP contribution is 2.25. The molecule has 2 rings (SSSR count). The molecule has 0 bridgehead atoms. The number of halogens is 2. The van der Waals surface area contributed by atoms with Gasteiger partial charge in [-0.25, -0.2) is 12.8 Å². The van der Waals surface area contributed by atoms with Crippen LogP contribution in [0.2, 0.25) is 5.02 Å². The Morgan fingerprint density at radius 2 is 2.11 bits per heavy atom. The number of nitrogens with one attached hydrogen (secondary N) is 1. The fourth-order valence-corrected chi connectivity index (χ4v) is 3.73. The maximum atomic E-state index is 13.5. The van der Waals surface area contributed by atoms with Crippen LogP contribution in [0.1, 0.15) is 4.88 Å². The lowest BCUT2D eigenvalue weighted by molar-refractivity contribution is 0.285. The lowest BCUT2D eigenvalue weighted by Gasteiger charge is -2.07. The maximum Gasteiger partial charge on any atom is 0.262 e. The zero-order valence-corrected chi connectivity index (χ0v) is 11.8. The van der Waals surface area contributed by atoms with Crippen LogP contribution in [0, 0.1) is 5.82 Å². The van der Waals surface area contributed by atoms with E-state index in [4.69, 9.17) is 16.7 Å². The molecule has 0 amide bonds. The molecule has 0 saturated carbocycles. The Morgan fingerprint density at radius 3 is 2.74 bits per heavy atom. The molecule has 0 aliphatic rings. The molecule has 4 nitrogen and oxygen atoms in total. The molecule has 19 heavy (non-hydrogen) atoms. The summed E-state index contributed by atoms with van der Waals surface area (Å²) in [6.07, 6.45) is 0. The van der Waals surface area contributed by atoms with Gasteiger partial charge < -0.3 is 5.11 Å². The number of anilines is 1. The van der Waals surface area contributed by atoms with E-state index in [1.165, 1.54) is 23.6 Å². The van der Waals surface area contributed by atoms with Gasteiger partial charge in [-0.05, 0) is 24.3 Å². The first-order valence-electron chi connectivity index (χ1n) is 5.08. The number of hydrogen-bond donors (Lipinski definition) is 2. The number of aliphatic hydroxyl groups excluding tert-OH is 1. The van der Waals surface area contributed by atoms with Gasteiger partial charge in [0.1, 0.15) is 5.82 Å². The van der Waals surface area contributed by atoms with E-state index in [0.717, 1.165) is 17.4 Å². The SMILES string of the molecule is O=S(=O)(Nc1cc(Cl)ccc1F)c1csc(CO)c1. The van der Waals surface area contributed by atoms with Gasteiger partial charge in [-0.15, -0.1) is 11.3 Å². The van der Waals surface area contributed by atoms with E-state index < -0.39 is 15.8 Å². The van der Waals surface area contributed by atoms with Gasteiger partial charge in [-0.3, -0.25) is 4.72 Å². The molecule has 1 aromatic carbocycles. The van der Waals surface area contributed by atoms with E-state index in [2.05, 4.69) is 4.72 Å². The highest BCUT2D eigenvalue weighted by Gasteiger charge is 2.18. The Kier molecular flexibility index (Phi) is 4.10. The molecule has 1 heterocycles. The minimum atomic E-state index is -3.89. The predicted octanol–water partition coefficient (Wildman–Crippen LogP) is 2.83. The van der Waals surface area contributed by atoms with E-state index in [1.54, 1.807) is 0 Å². The van der Waals surface area contributed by atoms with Gasteiger partial charge in [0.15, 0.2) is 0 Å². The van der Waals surface area contributed by atoms with Crippen LogP contribution in [-0.4, -0.2) is 13.5 Å². The quantitative estimate of drug-likeness (QED) is 0.910. The van der Waals surface area contributed by atoms with E-state index in [0.29, 0.717) is 4.88 Å². The van der Waals surface area contributed by atoms with Gasteiger partial charge in [-0.1, -0.05) is 11.6 Å². The topological polar surface area (TPSA) is 66.4 Å². The molecule has 0 saturated heterocycles. The second-order valence-corrected chi connectivity index (χ2v) is 6.75. The van der Waals surface area contributed by atoms with Crippen LogP contribution in [0.15, 0.2) is 34.5 Å². The summed E-state index contributed by atoms with van der Waals surface area (Å²) in [6.45, 7) is -0.244. The van der Waals surface area contributed by atoms with Crippen LogP contribution in [0.5, 0.6) is 0 Å². The van der Waals surface area contributed by atoms with Crippen LogP contribution in [0.3, 0.4) is 0 Å². The van der Waals surface area contributed by atoms with Gasteiger partial charge in [0.2, 0.25) is 0 Å². The average Bonchev–Trinajstić information content (AvgIpc) is 2.83. The first-order valence-corrected chi connectivity index (χ1v) is 7.82. The Balaban J connectivity index is 2.33. The number of hydrogen-bond acceptors (Lipinski definition) is 4. The molecular formula is C11H9ClFNO3S2. The zero-order valence-electron chi connectivity index (χ0n) is 9.43. The molecule has 0 atom stereocenters. The predicted molar refractivity (Wildman–Crippen MR) is 72.5 cm³/mol. The summed E-state index contributed by atoms with van der Waals surface area (Å²) >= 11 is 6.79. The second kappa shape index (κ2) is 5.46. The smallest absolute Gasteiger partial charge is 0.262 e. The largest absolute Gasteiger partial charge is 0.391 e. The summed E-state index contributed by atoms with van der Waals surface area (Å²) in [5.74, 6) is -0.717. The summed E-state index contributed by atoms with van der Waals surface area (Å²) in [7, 11) is -3.89. The van der Waals surface area contributed by atoms with Crippen LogP contribution < -0.4 is 4.72 Å². The van der Waals surface area contributed by atoms with Gasteiger partial charge in [0, 0.05) is 15.3 Å². The van der Waals surface area contributed by atoms with Crippen molar-refractivity contribution >= 4 is 38.6 Å². The fourth-order valence-electron chi connectivity index (χ4n) is 1.36. The lowest BCUT2D eigenvalue weighted by atomic mass is 10.3. The Bertz CT molecular complexity index is 700. The van der Waals surface area contributed by atoms with E-state index in [9.17, 15) is 12.8 Å². The molecule has 8 heteroatoms. The molecule has 0 spiro atoms. The third kappa shape index (κ3) is 3.24. The summed E-state index contributed by atoms with van der Waals surface area (Å²) in [4.78, 5) is 0.480. The monoisotopic (exact) mass is 321 g/mol. The minimum Gasteiger partial charge on any atom is -0.391 e. The standard InChI is InChI=1S/C11H9ClFNO3S2/c12-7-1-2-10(13)11(3-7)14-19(16,17)9-4-8(5-15)18-6-9/h1-4,6,14-15H,5H2. The summed E-state index contributed by atoms with van der Waals surface area (Å²) in [5, 5.41) is 10.5. The van der Waals surface area contributed by atoms with Crippen molar-refractivity contribution in [1.82, 2.24) is 0 Å². The van der Waals surface area contributed by atoms with Crippen molar-refractivity contribution < 1.29 is 17.9 Å².